The van der Waals surface area contributed by atoms with Crippen LogP contribution in [0.5, 0.6) is 0 Å². The van der Waals surface area contributed by atoms with Crippen molar-refractivity contribution in [2.45, 2.75) is 52.5 Å². The smallest absolute Gasteiger partial charge is 0.239 e. The fourth-order valence-corrected chi connectivity index (χ4v) is 1.31. The van der Waals surface area contributed by atoms with E-state index in [0.717, 1.165) is 25.8 Å². The highest BCUT2D eigenvalue weighted by Gasteiger charge is 2.26. The molecule has 0 saturated carbocycles. The molecule has 15 heavy (non-hydrogen) atoms. The van der Waals surface area contributed by atoms with Crippen molar-refractivity contribution in [1.82, 2.24) is 5.32 Å². The van der Waals surface area contributed by atoms with Crippen LogP contribution >= 0.6 is 12.4 Å². The van der Waals surface area contributed by atoms with Gasteiger partial charge in [0.25, 0.3) is 0 Å². The zero-order valence-electron chi connectivity index (χ0n) is 10.3. The molecule has 0 fully saturated rings. The Balaban J connectivity index is 0. The van der Waals surface area contributed by atoms with E-state index in [1.165, 1.54) is 0 Å². The van der Waals surface area contributed by atoms with Gasteiger partial charge in [0.05, 0.1) is 5.54 Å². The number of hydrogen-bond acceptors (Lipinski definition) is 2. The molecule has 4 heteroatoms. The number of rotatable bonds is 6. The lowest BCUT2D eigenvalue weighted by Crippen LogP contribution is -2.51. The molecule has 92 valence electrons. The predicted molar refractivity (Wildman–Crippen MR) is 67.2 cm³/mol. The lowest BCUT2D eigenvalue weighted by Gasteiger charge is -2.23. The van der Waals surface area contributed by atoms with Gasteiger partial charge in [-0.25, -0.2) is 0 Å². The fourth-order valence-electron chi connectivity index (χ4n) is 1.31. The number of nitrogens with one attached hydrogen (secondary N) is 1. The van der Waals surface area contributed by atoms with Crippen LogP contribution in [-0.4, -0.2) is 18.0 Å². The van der Waals surface area contributed by atoms with Crippen LogP contribution in [0.3, 0.4) is 0 Å². The van der Waals surface area contributed by atoms with Crippen molar-refractivity contribution in [3.8, 4) is 0 Å². The Labute approximate surface area is 99.6 Å². The summed E-state index contributed by atoms with van der Waals surface area (Å²) in [5.74, 6) is 0.588. The van der Waals surface area contributed by atoms with Crippen LogP contribution < -0.4 is 11.1 Å². The summed E-state index contributed by atoms with van der Waals surface area (Å²) in [6.07, 6.45) is 2.68. The lowest BCUT2D eigenvalue weighted by atomic mass is 9.96. The van der Waals surface area contributed by atoms with Gasteiger partial charge in [-0.3, -0.25) is 4.79 Å². The van der Waals surface area contributed by atoms with Crippen LogP contribution in [0.25, 0.3) is 0 Å². The predicted octanol–water partition coefficient (Wildman–Crippen LogP) is 2.09. The van der Waals surface area contributed by atoms with Crippen LogP contribution in [0.4, 0.5) is 0 Å². The van der Waals surface area contributed by atoms with Crippen LogP contribution in [0.15, 0.2) is 0 Å². The number of carbonyl (C=O) groups excluding carboxylic acids is 1. The topological polar surface area (TPSA) is 55.1 Å². The highest BCUT2D eigenvalue weighted by molar-refractivity contribution is 5.85. The second-order valence-corrected chi connectivity index (χ2v) is 4.61. The number of carbonyl (C=O) groups is 1. The van der Waals surface area contributed by atoms with Crippen molar-refractivity contribution in [3.63, 3.8) is 0 Å². The minimum Gasteiger partial charge on any atom is -0.355 e. The van der Waals surface area contributed by atoms with Crippen molar-refractivity contribution >= 4 is 18.3 Å². The van der Waals surface area contributed by atoms with Crippen molar-refractivity contribution in [2.75, 3.05) is 6.54 Å². The SMILES string of the molecule is CCCC(C)(N)C(=O)NCCC(C)C.Cl. The summed E-state index contributed by atoms with van der Waals surface area (Å²) in [5, 5.41) is 2.88. The lowest BCUT2D eigenvalue weighted by molar-refractivity contribution is -0.126. The summed E-state index contributed by atoms with van der Waals surface area (Å²) in [6, 6.07) is 0. The van der Waals surface area contributed by atoms with E-state index >= 15 is 0 Å². The molecule has 0 radical (unpaired) electrons. The largest absolute Gasteiger partial charge is 0.355 e. The molecule has 0 aromatic carbocycles. The molecule has 0 aliphatic rings. The Morgan fingerprint density at radius 3 is 2.40 bits per heavy atom. The third kappa shape index (κ3) is 7.63. The molecule has 1 unspecified atom stereocenters. The van der Waals surface area contributed by atoms with Gasteiger partial charge < -0.3 is 11.1 Å². The molecule has 0 aliphatic heterocycles. The molecule has 0 saturated heterocycles. The van der Waals surface area contributed by atoms with E-state index in [1.807, 2.05) is 6.92 Å². The van der Waals surface area contributed by atoms with Gasteiger partial charge in [-0.1, -0.05) is 27.2 Å². The van der Waals surface area contributed by atoms with Crippen molar-refractivity contribution in [3.05, 3.63) is 0 Å². The molecule has 0 rings (SSSR count). The van der Waals surface area contributed by atoms with Crippen LogP contribution in [0.2, 0.25) is 0 Å². The molecule has 1 atom stereocenters. The quantitative estimate of drug-likeness (QED) is 0.742. The molecule has 1 amide bonds. The molecule has 0 bridgehead atoms. The molecule has 0 heterocycles. The van der Waals surface area contributed by atoms with E-state index in [0.29, 0.717) is 5.92 Å². The molecule has 3 N–H and O–H groups in total. The van der Waals surface area contributed by atoms with Gasteiger partial charge in [0.1, 0.15) is 0 Å². The molecule has 0 aromatic heterocycles. The first-order valence-corrected chi connectivity index (χ1v) is 5.47. The minimum absolute atomic E-state index is 0. The maximum Gasteiger partial charge on any atom is 0.239 e. The molecular weight excluding hydrogens is 212 g/mol. The third-order valence-corrected chi connectivity index (χ3v) is 2.30. The van der Waals surface area contributed by atoms with E-state index in [-0.39, 0.29) is 18.3 Å². The van der Waals surface area contributed by atoms with Gasteiger partial charge in [-0.15, -0.1) is 12.4 Å². The summed E-state index contributed by atoms with van der Waals surface area (Å²) >= 11 is 0. The van der Waals surface area contributed by atoms with Crippen molar-refractivity contribution < 1.29 is 4.79 Å². The second-order valence-electron chi connectivity index (χ2n) is 4.61. The number of nitrogens with two attached hydrogens (primary N) is 1. The van der Waals surface area contributed by atoms with Crippen LogP contribution in [0, 0.1) is 5.92 Å². The average Bonchev–Trinajstić information content (AvgIpc) is 2.03. The number of amides is 1. The van der Waals surface area contributed by atoms with E-state index in [4.69, 9.17) is 5.73 Å². The first-order chi connectivity index (χ1) is 6.40. The summed E-state index contributed by atoms with van der Waals surface area (Å²) in [5.41, 5.74) is 5.17. The van der Waals surface area contributed by atoms with E-state index in [2.05, 4.69) is 19.2 Å². The minimum atomic E-state index is -0.703. The molecular formula is C11H25ClN2O. The Kier molecular flexibility index (Phi) is 9.07. The van der Waals surface area contributed by atoms with Gasteiger partial charge in [0.2, 0.25) is 5.91 Å². The highest BCUT2D eigenvalue weighted by Crippen LogP contribution is 2.08. The maximum atomic E-state index is 11.6. The molecule has 0 spiro atoms. The van der Waals surface area contributed by atoms with Crippen molar-refractivity contribution in [1.29, 1.82) is 0 Å². The average molecular weight is 237 g/mol. The van der Waals surface area contributed by atoms with Gasteiger partial charge in [-0.2, -0.15) is 0 Å². The third-order valence-electron chi connectivity index (χ3n) is 2.30. The van der Waals surface area contributed by atoms with E-state index in [9.17, 15) is 4.79 Å². The Morgan fingerprint density at radius 2 is 2.00 bits per heavy atom. The Hall–Kier alpha value is -0.280. The standard InChI is InChI=1S/C11H24N2O.ClH/c1-5-7-11(4,12)10(14)13-8-6-9(2)3;/h9H,5-8,12H2,1-4H3,(H,13,14);1H. The summed E-state index contributed by atoms with van der Waals surface area (Å²) < 4.78 is 0. The maximum absolute atomic E-state index is 11.6. The Morgan fingerprint density at radius 1 is 1.47 bits per heavy atom. The van der Waals surface area contributed by atoms with Gasteiger partial charge in [0.15, 0.2) is 0 Å². The normalized spacial score (nSPS) is 14.3. The second kappa shape index (κ2) is 7.94. The van der Waals surface area contributed by atoms with Gasteiger partial charge in [0, 0.05) is 6.54 Å². The number of hydrogen-bond donors (Lipinski definition) is 2. The van der Waals surface area contributed by atoms with Crippen molar-refractivity contribution in [2.24, 2.45) is 11.7 Å². The molecule has 0 aliphatic carbocycles. The van der Waals surface area contributed by atoms with E-state index in [1.54, 1.807) is 6.92 Å². The fraction of sp³-hybridized carbons (Fsp3) is 0.909. The first-order valence-electron chi connectivity index (χ1n) is 5.47. The molecule has 3 nitrogen and oxygen atoms in total. The van der Waals surface area contributed by atoms with Gasteiger partial charge >= 0.3 is 0 Å². The van der Waals surface area contributed by atoms with Gasteiger partial charge in [-0.05, 0) is 25.7 Å². The summed E-state index contributed by atoms with van der Waals surface area (Å²) in [7, 11) is 0. The zero-order chi connectivity index (χ0) is 11.2. The summed E-state index contributed by atoms with van der Waals surface area (Å²) in [4.78, 5) is 11.6. The molecule has 0 aromatic rings. The highest BCUT2D eigenvalue weighted by atomic mass is 35.5. The first kappa shape index (κ1) is 17.1. The summed E-state index contributed by atoms with van der Waals surface area (Å²) in [6.45, 7) is 8.83. The Bertz CT molecular complexity index is 181. The van der Waals surface area contributed by atoms with E-state index < -0.39 is 5.54 Å². The number of halogens is 1. The zero-order valence-corrected chi connectivity index (χ0v) is 11.1. The van der Waals surface area contributed by atoms with Crippen LogP contribution in [0.1, 0.15) is 47.0 Å². The monoisotopic (exact) mass is 236 g/mol. The van der Waals surface area contributed by atoms with Crippen LogP contribution in [-0.2, 0) is 4.79 Å².